The molecule has 3 heterocycles. The molecule has 1 amide bonds. The zero-order chi connectivity index (χ0) is 18.1. The summed E-state index contributed by atoms with van der Waals surface area (Å²) >= 11 is 0. The van der Waals surface area contributed by atoms with E-state index in [0.29, 0.717) is 11.5 Å². The van der Waals surface area contributed by atoms with Crippen LogP contribution in [0.15, 0.2) is 39.7 Å². The first-order valence-electron chi connectivity index (χ1n) is 7.96. The van der Waals surface area contributed by atoms with Crippen LogP contribution in [-0.2, 0) is 7.05 Å². The number of furan rings is 1. The molecule has 0 saturated carbocycles. The number of aromatic nitrogens is 3. The molecule has 0 fully saturated rings. The van der Waals surface area contributed by atoms with Crippen LogP contribution in [0.25, 0.3) is 11.5 Å². The number of H-pyrrole nitrogens is 1. The lowest BCUT2D eigenvalue weighted by molar-refractivity contribution is 0.0938. The molecule has 130 valence electrons. The summed E-state index contributed by atoms with van der Waals surface area (Å²) in [7, 11) is 1.86. The molecule has 2 N–H and O–H groups in total. The summed E-state index contributed by atoms with van der Waals surface area (Å²) in [5, 5.41) is 7.22. The van der Waals surface area contributed by atoms with Gasteiger partial charge in [0.25, 0.3) is 11.5 Å². The van der Waals surface area contributed by atoms with Gasteiger partial charge in [0, 0.05) is 18.3 Å². The zero-order valence-corrected chi connectivity index (χ0v) is 14.6. The van der Waals surface area contributed by atoms with Crippen molar-refractivity contribution in [2.24, 2.45) is 7.05 Å². The smallest absolute Gasteiger partial charge is 0.261 e. The predicted molar refractivity (Wildman–Crippen MR) is 93.3 cm³/mol. The fraction of sp³-hybridized carbons (Fsp3) is 0.278. The molecule has 3 aromatic heterocycles. The summed E-state index contributed by atoms with van der Waals surface area (Å²) in [4.78, 5) is 27.4. The third kappa shape index (κ3) is 3.13. The Morgan fingerprint density at radius 3 is 2.64 bits per heavy atom. The van der Waals surface area contributed by atoms with Gasteiger partial charge in [0.2, 0.25) is 0 Å². The van der Waals surface area contributed by atoms with E-state index in [-0.39, 0.29) is 11.6 Å². The van der Waals surface area contributed by atoms with Crippen molar-refractivity contribution in [2.75, 3.05) is 0 Å². The van der Waals surface area contributed by atoms with Gasteiger partial charge in [0.1, 0.15) is 11.3 Å². The van der Waals surface area contributed by atoms with Crippen LogP contribution >= 0.6 is 0 Å². The molecule has 0 aliphatic rings. The van der Waals surface area contributed by atoms with Crippen LogP contribution in [0.2, 0.25) is 0 Å². The molecule has 7 heteroatoms. The Morgan fingerprint density at radius 1 is 1.32 bits per heavy atom. The minimum Gasteiger partial charge on any atom is -0.463 e. The molecule has 0 bridgehead atoms. The molecule has 3 aromatic rings. The second kappa shape index (κ2) is 6.43. The number of hydrogen-bond acceptors (Lipinski definition) is 4. The highest BCUT2D eigenvalue weighted by atomic mass is 16.3. The summed E-state index contributed by atoms with van der Waals surface area (Å²) in [6.07, 6.45) is 1.52. The Labute approximate surface area is 144 Å². The minimum absolute atomic E-state index is 0.0568. The van der Waals surface area contributed by atoms with Crippen LogP contribution in [0.5, 0.6) is 0 Å². The number of rotatable bonds is 4. The van der Waals surface area contributed by atoms with Gasteiger partial charge in [-0.1, -0.05) is 0 Å². The summed E-state index contributed by atoms with van der Waals surface area (Å²) in [5.41, 5.74) is 2.92. The number of aromatic amines is 1. The van der Waals surface area contributed by atoms with E-state index < -0.39 is 11.5 Å². The van der Waals surface area contributed by atoms with E-state index in [1.165, 1.54) is 12.3 Å². The first-order chi connectivity index (χ1) is 11.9. The average Bonchev–Trinajstić information content (AvgIpc) is 3.16. The largest absolute Gasteiger partial charge is 0.463 e. The standard InChI is InChI=1S/C18H20N4O3/c1-10(16-11(2)21-22(4)12(16)3)19-17(23)13-7-8-14(20-18(13)24)15-6-5-9-25-15/h5-10H,1-4H3,(H,19,23)(H,20,24). The van der Waals surface area contributed by atoms with E-state index in [0.717, 1.165) is 17.0 Å². The maximum atomic E-state index is 12.5. The van der Waals surface area contributed by atoms with Crippen LogP contribution in [0, 0.1) is 13.8 Å². The number of nitrogens with one attached hydrogen (secondary N) is 2. The Bertz CT molecular complexity index is 967. The monoisotopic (exact) mass is 340 g/mol. The van der Waals surface area contributed by atoms with Crippen LogP contribution in [0.3, 0.4) is 0 Å². The molecule has 0 aliphatic heterocycles. The maximum Gasteiger partial charge on any atom is 0.261 e. The number of carbonyl (C=O) groups excluding carboxylic acids is 1. The third-order valence-corrected chi connectivity index (χ3v) is 4.29. The van der Waals surface area contributed by atoms with Crippen LogP contribution < -0.4 is 10.9 Å². The van der Waals surface area contributed by atoms with Gasteiger partial charge >= 0.3 is 0 Å². The zero-order valence-electron chi connectivity index (χ0n) is 14.6. The summed E-state index contributed by atoms with van der Waals surface area (Å²) < 4.78 is 7.02. The fourth-order valence-corrected chi connectivity index (χ4v) is 2.99. The van der Waals surface area contributed by atoms with Crippen LogP contribution in [0.1, 0.15) is 40.3 Å². The molecular weight excluding hydrogens is 320 g/mol. The number of amides is 1. The molecule has 0 radical (unpaired) electrons. The second-order valence-electron chi connectivity index (χ2n) is 6.00. The summed E-state index contributed by atoms with van der Waals surface area (Å²) in [5.74, 6) is 0.112. The number of hydrogen-bond donors (Lipinski definition) is 2. The predicted octanol–water partition coefficient (Wildman–Crippen LogP) is 2.48. The number of aryl methyl sites for hydroxylation is 2. The Balaban J connectivity index is 1.83. The molecule has 25 heavy (non-hydrogen) atoms. The average molecular weight is 340 g/mol. The quantitative estimate of drug-likeness (QED) is 0.763. The van der Waals surface area contributed by atoms with Crippen molar-refractivity contribution in [2.45, 2.75) is 26.8 Å². The SMILES string of the molecule is Cc1nn(C)c(C)c1C(C)NC(=O)c1ccc(-c2ccco2)[nH]c1=O. The van der Waals surface area contributed by atoms with E-state index in [1.807, 2.05) is 27.8 Å². The normalized spacial score (nSPS) is 12.2. The lowest BCUT2D eigenvalue weighted by atomic mass is 10.1. The number of pyridine rings is 1. The highest BCUT2D eigenvalue weighted by Crippen LogP contribution is 2.21. The van der Waals surface area contributed by atoms with Gasteiger partial charge in [-0.05, 0) is 45.0 Å². The topological polar surface area (TPSA) is 92.9 Å². The molecule has 0 saturated heterocycles. The lowest BCUT2D eigenvalue weighted by Gasteiger charge is -2.14. The molecule has 7 nitrogen and oxygen atoms in total. The Kier molecular flexibility index (Phi) is 4.31. The number of nitrogens with zero attached hydrogens (tertiary/aromatic N) is 2. The van der Waals surface area contributed by atoms with E-state index in [2.05, 4.69) is 15.4 Å². The van der Waals surface area contributed by atoms with Gasteiger partial charge < -0.3 is 14.7 Å². The van der Waals surface area contributed by atoms with Crippen molar-refractivity contribution in [3.8, 4) is 11.5 Å². The van der Waals surface area contributed by atoms with E-state index in [1.54, 1.807) is 22.9 Å². The summed E-state index contributed by atoms with van der Waals surface area (Å²) in [6.45, 7) is 5.72. The van der Waals surface area contributed by atoms with Crippen molar-refractivity contribution in [3.63, 3.8) is 0 Å². The van der Waals surface area contributed by atoms with Gasteiger partial charge in [-0.25, -0.2) is 0 Å². The van der Waals surface area contributed by atoms with Gasteiger partial charge in [-0.3, -0.25) is 14.3 Å². The minimum atomic E-state index is -0.460. The molecule has 0 aromatic carbocycles. The van der Waals surface area contributed by atoms with Gasteiger partial charge in [-0.2, -0.15) is 5.10 Å². The Morgan fingerprint density at radius 2 is 2.08 bits per heavy atom. The molecule has 3 rings (SSSR count). The first-order valence-corrected chi connectivity index (χ1v) is 7.96. The van der Waals surface area contributed by atoms with Crippen LogP contribution in [-0.4, -0.2) is 20.7 Å². The van der Waals surface area contributed by atoms with Gasteiger partial charge in [0.15, 0.2) is 0 Å². The van der Waals surface area contributed by atoms with Gasteiger partial charge in [0.05, 0.1) is 23.7 Å². The van der Waals surface area contributed by atoms with Crippen molar-refractivity contribution < 1.29 is 9.21 Å². The second-order valence-corrected chi connectivity index (χ2v) is 6.00. The van der Waals surface area contributed by atoms with E-state index in [4.69, 9.17) is 4.42 Å². The lowest BCUT2D eigenvalue weighted by Crippen LogP contribution is -2.32. The van der Waals surface area contributed by atoms with Crippen molar-refractivity contribution in [1.82, 2.24) is 20.1 Å². The maximum absolute atomic E-state index is 12.5. The molecular formula is C18H20N4O3. The highest BCUT2D eigenvalue weighted by molar-refractivity contribution is 5.94. The fourth-order valence-electron chi connectivity index (χ4n) is 2.99. The van der Waals surface area contributed by atoms with E-state index >= 15 is 0 Å². The molecule has 1 unspecified atom stereocenters. The highest BCUT2D eigenvalue weighted by Gasteiger charge is 2.20. The molecule has 0 spiro atoms. The van der Waals surface area contributed by atoms with Crippen molar-refractivity contribution in [1.29, 1.82) is 0 Å². The Hall–Kier alpha value is -3.09. The van der Waals surface area contributed by atoms with Crippen molar-refractivity contribution in [3.05, 3.63) is 63.4 Å². The number of carbonyl (C=O) groups is 1. The summed E-state index contributed by atoms with van der Waals surface area (Å²) in [6, 6.07) is 6.36. The van der Waals surface area contributed by atoms with Crippen LogP contribution in [0.4, 0.5) is 0 Å². The first kappa shape index (κ1) is 16.8. The van der Waals surface area contributed by atoms with Crippen molar-refractivity contribution >= 4 is 5.91 Å². The molecule has 0 aliphatic carbocycles. The molecule has 1 atom stereocenters. The van der Waals surface area contributed by atoms with E-state index in [9.17, 15) is 9.59 Å². The third-order valence-electron chi connectivity index (χ3n) is 4.29. The van der Waals surface area contributed by atoms with Gasteiger partial charge in [-0.15, -0.1) is 0 Å².